The Bertz CT molecular complexity index is 7020. The average molecular weight is 1460 g/mol. The summed E-state index contributed by atoms with van der Waals surface area (Å²) >= 11 is 0. The predicted octanol–water partition coefficient (Wildman–Crippen LogP) is 27.9. The zero-order valence-corrected chi connectivity index (χ0v) is 64.0. The quantitative estimate of drug-likeness (QED) is 0.127. The molecule has 2 aliphatic heterocycles. The summed E-state index contributed by atoms with van der Waals surface area (Å²) in [7, 11) is 0. The van der Waals surface area contributed by atoms with Crippen molar-refractivity contribution in [1.82, 2.24) is 9.13 Å². The molecular weight excluding hydrogens is 1390 g/mol. The highest BCUT2D eigenvalue weighted by Gasteiger charge is 2.46. The Morgan fingerprint density at radius 3 is 0.957 bits per heavy atom. The molecule has 0 amide bonds. The van der Waals surface area contributed by atoms with Crippen molar-refractivity contribution in [3.63, 3.8) is 0 Å². The number of hydrogen-bond acceptors (Lipinski definition) is 2. The molecule has 0 atom stereocenters. The molecule has 0 spiro atoms. The summed E-state index contributed by atoms with van der Waals surface area (Å²) in [5, 5.41) is 14.5. The largest absolute Gasteiger partial charge is 0.310 e. The molecule has 0 unspecified atom stereocenters. The highest BCUT2D eigenvalue weighted by Crippen LogP contribution is 2.55. The van der Waals surface area contributed by atoms with Crippen LogP contribution in [0.5, 0.6) is 0 Å². The van der Waals surface area contributed by atoms with Crippen molar-refractivity contribution >= 4 is 144 Å². The lowest BCUT2D eigenvalue weighted by atomic mass is 9.33. The molecule has 5 heteroatoms. The van der Waals surface area contributed by atoms with Crippen LogP contribution in [0.2, 0.25) is 0 Å². The Balaban J connectivity index is 0.850. The minimum atomic E-state index is -0.351. The van der Waals surface area contributed by atoms with E-state index in [0.717, 1.165) is 101 Å². The van der Waals surface area contributed by atoms with Gasteiger partial charge in [-0.25, -0.2) is 0 Å². The highest BCUT2D eigenvalue weighted by molar-refractivity contribution is 7.00. The molecule has 0 radical (unpaired) electrons. The van der Waals surface area contributed by atoms with E-state index >= 15 is 0 Å². The fraction of sp³-hybridized carbons (Fsp3) is 0.0364. The lowest BCUT2D eigenvalue weighted by molar-refractivity contribution is 0.590. The number of aromatic nitrogens is 2. The van der Waals surface area contributed by atoms with Crippen molar-refractivity contribution in [3.8, 4) is 78.1 Å². The molecule has 0 saturated heterocycles. The van der Waals surface area contributed by atoms with E-state index in [2.05, 4.69) is 440 Å². The molecule has 0 aliphatic carbocycles. The van der Waals surface area contributed by atoms with Gasteiger partial charge in [0.15, 0.2) is 0 Å². The van der Waals surface area contributed by atoms with Crippen molar-refractivity contribution in [3.05, 3.63) is 406 Å². The number of para-hydroxylation sites is 2. The van der Waals surface area contributed by atoms with Gasteiger partial charge < -0.3 is 18.9 Å². The predicted molar refractivity (Wildman–Crippen MR) is 490 cm³/mol. The van der Waals surface area contributed by atoms with E-state index in [4.69, 9.17) is 0 Å². The summed E-state index contributed by atoms with van der Waals surface area (Å²) in [4.78, 5) is 5.43. The van der Waals surface area contributed by atoms with Crippen LogP contribution in [0.4, 0.5) is 34.1 Å². The topological polar surface area (TPSA) is 16.3 Å². The van der Waals surface area contributed by atoms with E-state index < -0.39 is 0 Å². The third-order valence-electron chi connectivity index (χ3n) is 24.7. The van der Waals surface area contributed by atoms with Crippen LogP contribution in [-0.4, -0.2) is 15.8 Å². The Morgan fingerprint density at radius 1 is 0.226 bits per heavy atom. The van der Waals surface area contributed by atoms with Crippen LogP contribution in [0.25, 0.3) is 165 Å². The Kier molecular flexibility index (Phi) is 15.0. The summed E-state index contributed by atoms with van der Waals surface area (Å²) in [5.41, 5.74) is 31.9. The molecule has 538 valence electrons. The first-order chi connectivity index (χ1) is 56.7. The normalized spacial score (nSPS) is 12.6. The van der Waals surface area contributed by atoms with Crippen LogP contribution in [0.15, 0.2) is 400 Å². The summed E-state index contributed by atoms with van der Waals surface area (Å²) in [6.07, 6.45) is 0. The number of hydrogen-bond donors (Lipinski definition) is 0. The first-order valence-electron chi connectivity index (χ1n) is 40.1. The summed E-state index contributed by atoms with van der Waals surface area (Å²) in [6, 6.07) is 151. The fourth-order valence-electron chi connectivity index (χ4n) is 19.3. The summed E-state index contributed by atoms with van der Waals surface area (Å²) in [5.74, 6) is 0. The van der Waals surface area contributed by atoms with Gasteiger partial charge in [0.25, 0.3) is 6.71 Å². The Hall–Kier alpha value is -14.5. The van der Waals surface area contributed by atoms with E-state index in [-0.39, 0.29) is 12.1 Å². The van der Waals surface area contributed by atoms with Gasteiger partial charge in [-0.2, -0.15) is 0 Å². The smallest absolute Gasteiger partial charge is 0.252 e. The van der Waals surface area contributed by atoms with Gasteiger partial charge in [0.05, 0.1) is 33.4 Å². The van der Waals surface area contributed by atoms with Gasteiger partial charge in [0.1, 0.15) is 0 Å². The average Bonchev–Trinajstić information content (AvgIpc) is 0.829. The van der Waals surface area contributed by atoms with Crippen molar-refractivity contribution in [1.29, 1.82) is 0 Å². The van der Waals surface area contributed by atoms with Crippen LogP contribution in [0.3, 0.4) is 0 Å². The van der Waals surface area contributed by atoms with Gasteiger partial charge in [0, 0.05) is 88.7 Å². The molecule has 23 rings (SSSR count). The molecular formula is C110H75BN4. The number of rotatable bonds is 10. The zero-order valence-electron chi connectivity index (χ0n) is 64.0. The number of nitrogens with zero attached hydrogens (tertiary/aromatic N) is 4. The van der Waals surface area contributed by atoms with Crippen molar-refractivity contribution < 1.29 is 0 Å². The third kappa shape index (κ3) is 10.5. The maximum Gasteiger partial charge on any atom is 0.252 e. The number of benzene rings is 19. The van der Waals surface area contributed by atoms with E-state index in [9.17, 15) is 0 Å². The maximum absolute atomic E-state index is 2.71. The molecule has 115 heavy (non-hydrogen) atoms. The van der Waals surface area contributed by atoms with Crippen LogP contribution < -0.4 is 26.2 Å². The van der Waals surface area contributed by atoms with Gasteiger partial charge in [-0.3, -0.25) is 0 Å². The van der Waals surface area contributed by atoms with E-state index in [1.54, 1.807) is 0 Å². The minimum Gasteiger partial charge on any atom is -0.310 e. The fourth-order valence-corrected chi connectivity index (χ4v) is 19.3. The summed E-state index contributed by atoms with van der Waals surface area (Å²) < 4.78 is 5.16. The Labute approximate surface area is 668 Å². The Morgan fingerprint density at radius 2 is 0.565 bits per heavy atom. The molecule has 0 saturated carbocycles. The minimum absolute atomic E-state index is 0.278. The molecule has 21 aromatic rings. The first-order valence-corrected chi connectivity index (χ1v) is 40.1. The molecule has 4 heterocycles. The van der Waals surface area contributed by atoms with Crippen LogP contribution in [-0.2, 0) is 5.41 Å². The highest BCUT2D eigenvalue weighted by atomic mass is 15.2. The molecule has 0 fully saturated rings. The third-order valence-corrected chi connectivity index (χ3v) is 24.7. The molecule has 2 aromatic heterocycles. The van der Waals surface area contributed by atoms with Crippen LogP contribution in [0, 0.1) is 0 Å². The molecule has 2 aliphatic rings. The lowest BCUT2D eigenvalue weighted by Gasteiger charge is -2.46. The van der Waals surface area contributed by atoms with Crippen molar-refractivity contribution in [2.24, 2.45) is 0 Å². The van der Waals surface area contributed by atoms with Gasteiger partial charge >= 0.3 is 0 Å². The monoisotopic (exact) mass is 1460 g/mol. The van der Waals surface area contributed by atoms with E-state index in [1.807, 2.05) is 0 Å². The lowest BCUT2D eigenvalue weighted by Crippen LogP contribution is -2.61. The molecule has 0 bridgehead atoms. The SMILES string of the molecule is CC(C)(C)c1cc2c3c(c1)N(c1c(-c4ccccc4)cccc1-c1ccccc1)c1cc(-n4c5ccc(-c6ccc7ccccc7c6)cc5c5ccc6ccccc6c54)ccc1B3c1ccc(-n3c4ccc(-c5ccc6ccccc6c5)cc4c4ccc5ccccc5c43)cc1N2c1c(-c2ccccc2)cccc1-c1ccccc1. The second-order valence-corrected chi connectivity index (χ2v) is 32.3. The molecule has 4 nitrogen and oxygen atoms in total. The maximum atomic E-state index is 2.71. The molecule has 19 aromatic carbocycles. The van der Waals surface area contributed by atoms with Crippen molar-refractivity contribution in [2.45, 2.75) is 26.2 Å². The van der Waals surface area contributed by atoms with Crippen molar-refractivity contribution in [2.75, 3.05) is 9.80 Å². The number of anilines is 6. The summed E-state index contributed by atoms with van der Waals surface area (Å²) in [6.45, 7) is 6.91. The standard InChI is InChI=1S/C110H75BN4/c1-110(2,3)84-66-103-105-104(67-84)115(107-91(74-32-12-6-13-33-74)44-25-45-92(107)75-34-14-7-15-35-75)102-69-86(113-100-61-53-83(81-49-47-71-27-17-19-39-79(71)63-81)65-96(100)94-57-51-77-37-21-23-41-88(77)109(94)113)55-59-98(102)111(105)97-58-54-85(68-101(97)114(103)106-89(72-28-8-4-9-29-72)42-24-43-90(106)73-30-10-5-11-31-73)112-99-60-52-82(80-48-46-70-26-16-18-38-78(70)62-80)64-95(99)93-56-50-76-36-20-22-40-87(76)108(93)112/h4-69H,1-3H3. The van der Waals surface area contributed by atoms with E-state index in [0.29, 0.717) is 0 Å². The van der Waals surface area contributed by atoms with Gasteiger partial charge in [-0.1, -0.05) is 348 Å². The van der Waals surface area contributed by atoms with Crippen LogP contribution >= 0.6 is 0 Å². The first kappa shape index (κ1) is 66.3. The second kappa shape index (κ2) is 26.0. The second-order valence-electron chi connectivity index (χ2n) is 32.3. The van der Waals surface area contributed by atoms with Gasteiger partial charge in [0.2, 0.25) is 0 Å². The zero-order chi connectivity index (χ0) is 76.1. The van der Waals surface area contributed by atoms with Gasteiger partial charge in [-0.15, -0.1) is 0 Å². The van der Waals surface area contributed by atoms with Gasteiger partial charge in [-0.05, 0) is 177 Å². The van der Waals surface area contributed by atoms with E-state index in [1.165, 1.54) is 120 Å². The van der Waals surface area contributed by atoms with Crippen LogP contribution in [0.1, 0.15) is 26.3 Å². The molecule has 0 N–H and O–H groups in total. The number of fused-ring (bicyclic) bond motifs is 16.